The molecule has 0 heterocycles. The minimum Gasteiger partial charge on any atom is -0.481 e. The van der Waals surface area contributed by atoms with Crippen molar-refractivity contribution in [3.05, 3.63) is 54.1 Å². The second-order valence-electron chi connectivity index (χ2n) is 4.96. The van der Waals surface area contributed by atoms with E-state index in [1.165, 1.54) is 7.11 Å². The number of carboxylic acid groups (broad SMARTS) is 1. The van der Waals surface area contributed by atoms with Gasteiger partial charge in [-0.15, -0.1) is 0 Å². The summed E-state index contributed by atoms with van der Waals surface area (Å²) in [5.74, 6) is -0.795. The molecule has 0 fully saturated rings. The van der Waals surface area contributed by atoms with Gasteiger partial charge in [-0.3, -0.25) is 4.79 Å². The molecule has 0 spiro atoms. The number of benzene rings is 2. The van der Waals surface area contributed by atoms with E-state index >= 15 is 0 Å². The maximum absolute atomic E-state index is 11.3. The molecule has 120 valence electrons. The van der Waals surface area contributed by atoms with Gasteiger partial charge in [0.25, 0.3) is 0 Å². The van der Waals surface area contributed by atoms with Crippen LogP contribution in [0.1, 0.15) is 12.0 Å². The van der Waals surface area contributed by atoms with Gasteiger partial charge < -0.3 is 14.6 Å². The molecule has 1 N–H and O–H groups in total. The minimum atomic E-state index is -1.03. The van der Waals surface area contributed by atoms with Crippen LogP contribution in [0.15, 0.2) is 48.5 Å². The summed E-state index contributed by atoms with van der Waals surface area (Å²) >= 11 is 0. The molecule has 23 heavy (non-hydrogen) atoms. The van der Waals surface area contributed by atoms with Crippen molar-refractivity contribution in [2.75, 3.05) is 13.7 Å². The summed E-state index contributed by atoms with van der Waals surface area (Å²) in [7, 11) is 1.36. The van der Waals surface area contributed by atoms with Crippen LogP contribution in [0.25, 0.3) is 11.1 Å². The standard InChI is InChI=1S/C18H18O5/c1-22-18(21)10-8-13-7-9-16(23-12-17(19)20)15(11-13)14-5-3-2-4-6-14/h2-7,9,11H,8,10,12H2,1H3,(H,19,20). The lowest BCUT2D eigenvalue weighted by Crippen LogP contribution is -2.10. The summed E-state index contributed by atoms with van der Waals surface area (Å²) in [6.45, 7) is -0.401. The van der Waals surface area contributed by atoms with Crippen molar-refractivity contribution in [2.45, 2.75) is 12.8 Å². The van der Waals surface area contributed by atoms with Crippen LogP contribution < -0.4 is 4.74 Å². The average molecular weight is 314 g/mol. The zero-order chi connectivity index (χ0) is 16.7. The average Bonchev–Trinajstić information content (AvgIpc) is 2.58. The van der Waals surface area contributed by atoms with Gasteiger partial charge in [0.1, 0.15) is 5.75 Å². The lowest BCUT2D eigenvalue weighted by Gasteiger charge is -2.12. The molecular formula is C18H18O5. The molecule has 0 aliphatic carbocycles. The van der Waals surface area contributed by atoms with Crippen LogP contribution in [0.2, 0.25) is 0 Å². The van der Waals surface area contributed by atoms with Crippen molar-refractivity contribution in [1.82, 2.24) is 0 Å². The molecular weight excluding hydrogens is 296 g/mol. The fraction of sp³-hybridized carbons (Fsp3) is 0.222. The van der Waals surface area contributed by atoms with Crippen molar-refractivity contribution in [3.63, 3.8) is 0 Å². The number of aliphatic carboxylic acids is 1. The van der Waals surface area contributed by atoms with Gasteiger partial charge in [-0.25, -0.2) is 4.79 Å². The van der Waals surface area contributed by atoms with Crippen molar-refractivity contribution >= 4 is 11.9 Å². The summed E-state index contributed by atoms with van der Waals surface area (Å²) in [6.07, 6.45) is 0.839. The summed E-state index contributed by atoms with van der Waals surface area (Å²) in [5, 5.41) is 8.79. The van der Waals surface area contributed by atoms with Crippen LogP contribution in [0.5, 0.6) is 5.75 Å². The van der Waals surface area contributed by atoms with Crippen LogP contribution >= 0.6 is 0 Å². The molecule has 2 aromatic carbocycles. The number of carbonyl (C=O) groups is 2. The SMILES string of the molecule is COC(=O)CCc1ccc(OCC(=O)O)c(-c2ccccc2)c1. The van der Waals surface area contributed by atoms with E-state index in [0.29, 0.717) is 18.6 Å². The second kappa shape index (κ2) is 7.98. The summed E-state index contributed by atoms with van der Waals surface area (Å²) in [4.78, 5) is 22.0. The van der Waals surface area contributed by atoms with E-state index in [1.807, 2.05) is 42.5 Å². The molecule has 0 saturated carbocycles. The molecule has 0 bridgehead atoms. The van der Waals surface area contributed by atoms with E-state index in [4.69, 9.17) is 9.84 Å². The highest BCUT2D eigenvalue weighted by atomic mass is 16.5. The van der Waals surface area contributed by atoms with Gasteiger partial charge in [-0.05, 0) is 29.7 Å². The Bertz CT molecular complexity index is 679. The van der Waals surface area contributed by atoms with Gasteiger partial charge in [-0.2, -0.15) is 0 Å². The van der Waals surface area contributed by atoms with Crippen LogP contribution in [0, 0.1) is 0 Å². The quantitative estimate of drug-likeness (QED) is 0.796. The minimum absolute atomic E-state index is 0.266. The Balaban J connectivity index is 2.28. The third-order valence-electron chi connectivity index (χ3n) is 3.33. The van der Waals surface area contributed by atoms with Crippen LogP contribution in [0.3, 0.4) is 0 Å². The number of ether oxygens (including phenoxy) is 2. The lowest BCUT2D eigenvalue weighted by atomic mass is 10.00. The first kappa shape index (κ1) is 16.5. The van der Waals surface area contributed by atoms with Crippen LogP contribution in [-0.2, 0) is 20.7 Å². The molecule has 2 rings (SSSR count). The molecule has 0 unspecified atom stereocenters. The zero-order valence-corrected chi connectivity index (χ0v) is 12.8. The van der Waals surface area contributed by atoms with Crippen LogP contribution in [-0.4, -0.2) is 30.8 Å². The van der Waals surface area contributed by atoms with Gasteiger partial charge in [0.05, 0.1) is 7.11 Å². The number of methoxy groups -OCH3 is 1. The van der Waals surface area contributed by atoms with Gasteiger partial charge in [-0.1, -0.05) is 36.4 Å². The predicted molar refractivity (Wildman–Crippen MR) is 85.3 cm³/mol. The number of rotatable bonds is 7. The van der Waals surface area contributed by atoms with Gasteiger partial charge in [0.2, 0.25) is 0 Å². The first-order valence-corrected chi connectivity index (χ1v) is 7.20. The molecule has 2 aromatic rings. The van der Waals surface area contributed by atoms with E-state index < -0.39 is 12.6 Å². The molecule has 0 aliphatic heterocycles. The maximum Gasteiger partial charge on any atom is 0.341 e. The topological polar surface area (TPSA) is 72.8 Å². The van der Waals surface area contributed by atoms with Gasteiger partial charge in [0, 0.05) is 12.0 Å². The Labute approximate surface area is 134 Å². The highest BCUT2D eigenvalue weighted by Crippen LogP contribution is 2.31. The van der Waals surface area contributed by atoms with Gasteiger partial charge >= 0.3 is 11.9 Å². The zero-order valence-electron chi connectivity index (χ0n) is 12.8. The number of carbonyl (C=O) groups excluding carboxylic acids is 1. The summed E-state index contributed by atoms with van der Waals surface area (Å²) in [5.41, 5.74) is 2.68. The second-order valence-corrected chi connectivity index (χ2v) is 4.96. The third-order valence-corrected chi connectivity index (χ3v) is 3.33. The molecule has 0 radical (unpaired) electrons. The monoisotopic (exact) mass is 314 g/mol. The van der Waals surface area contributed by atoms with Crippen molar-refractivity contribution in [1.29, 1.82) is 0 Å². The predicted octanol–water partition coefficient (Wildman–Crippen LogP) is 2.92. The molecule has 5 nitrogen and oxygen atoms in total. The highest BCUT2D eigenvalue weighted by Gasteiger charge is 2.10. The fourth-order valence-electron chi connectivity index (χ4n) is 2.19. The van der Waals surface area contributed by atoms with E-state index in [1.54, 1.807) is 6.07 Å². The number of esters is 1. The molecule has 0 atom stereocenters. The normalized spacial score (nSPS) is 10.1. The molecule has 0 amide bonds. The molecule has 0 aliphatic rings. The first-order valence-electron chi connectivity index (χ1n) is 7.20. The highest BCUT2D eigenvalue weighted by molar-refractivity contribution is 5.73. The summed E-state index contributed by atoms with van der Waals surface area (Å²) in [6, 6.07) is 15.0. The lowest BCUT2D eigenvalue weighted by molar-refractivity contribution is -0.141. The smallest absolute Gasteiger partial charge is 0.341 e. The number of carboxylic acids is 1. The van der Waals surface area contributed by atoms with E-state index in [0.717, 1.165) is 16.7 Å². The third kappa shape index (κ3) is 4.85. The number of aryl methyl sites for hydroxylation is 1. The Morgan fingerprint density at radius 1 is 1.09 bits per heavy atom. The van der Waals surface area contributed by atoms with Crippen LogP contribution in [0.4, 0.5) is 0 Å². The summed E-state index contributed by atoms with van der Waals surface area (Å²) < 4.78 is 10.0. The van der Waals surface area contributed by atoms with Crippen molar-refractivity contribution in [2.24, 2.45) is 0 Å². The molecule has 0 saturated heterocycles. The Hall–Kier alpha value is -2.82. The molecule has 5 heteroatoms. The Kier molecular flexibility index (Phi) is 5.74. The largest absolute Gasteiger partial charge is 0.481 e. The first-order chi connectivity index (χ1) is 11.1. The van der Waals surface area contributed by atoms with E-state index in [-0.39, 0.29) is 5.97 Å². The Morgan fingerprint density at radius 3 is 2.48 bits per heavy atom. The number of hydrogen-bond donors (Lipinski definition) is 1. The van der Waals surface area contributed by atoms with E-state index in [2.05, 4.69) is 4.74 Å². The van der Waals surface area contributed by atoms with Crippen molar-refractivity contribution in [3.8, 4) is 16.9 Å². The molecule has 0 aromatic heterocycles. The van der Waals surface area contributed by atoms with Crippen molar-refractivity contribution < 1.29 is 24.2 Å². The van der Waals surface area contributed by atoms with Gasteiger partial charge in [0.15, 0.2) is 6.61 Å². The maximum atomic E-state index is 11.3. The Morgan fingerprint density at radius 2 is 1.83 bits per heavy atom. The number of hydrogen-bond acceptors (Lipinski definition) is 4. The van der Waals surface area contributed by atoms with E-state index in [9.17, 15) is 9.59 Å². The fourth-order valence-corrected chi connectivity index (χ4v) is 2.19.